The Morgan fingerprint density at radius 2 is 1.92 bits per heavy atom. The molecule has 1 aliphatic rings. The Morgan fingerprint density at radius 3 is 2.56 bits per heavy atom. The molecule has 192 valence electrons. The van der Waals surface area contributed by atoms with Gasteiger partial charge in [-0.3, -0.25) is 9.78 Å². The number of nitrogens with zero attached hydrogens (tertiary/aromatic N) is 1. The molecule has 0 radical (unpaired) electrons. The van der Waals surface area contributed by atoms with Gasteiger partial charge in [0.15, 0.2) is 0 Å². The van der Waals surface area contributed by atoms with E-state index in [0.717, 1.165) is 17.2 Å². The number of allylic oxidation sites excluding steroid dienone is 3. The summed E-state index contributed by atoms with van der Waals surface area (Å²) in [5, 5.41) is 7.66. The van der Waals surface area contributed by atoms with Gasteiger partial charge in [0, 0.05) is 31.8 Å². The molecule has 11 heteroatoms. The van der Waals surface area contributed by atoms with Crippen LogP contribution in [0.4, 0.5) is 18.0 Å². The fourth-order valence-corrected chi connectivity index (χ4v) is 3.74. The van der Waals surface area contributed by atoms with Gasteiger partial charge in [-0.15, -0.1) is 0 Å². The lowest BCUT2D eigenvalue weighted by molar-refractivity contribution is -0.170. The van der Waals surface area contributed by atoms with Crippen molar-refractivity contribution in [3.63, 3.8) is 0 Å². The van der Waals surface area contributed by atoms with Gasteiger partial charge in [0.1, 0.15) is 23.0 Å². The number of benzene rings is 1. The van der Waals surface area contributed by atoms with Crippen molar-refractivity contribution in [2.45, 2.75) is 26.6 Å². The predicted molar refractivity (Wildman–Crippen MR) is 126 cm³/mol. The number of nitrogens with one attached hydrogen (secondary N) is 3. The molecule has 0 aliphatic heterocycles. The molecule has 2 aromatic rings. The van der Waals surface area contributed by atoms with Crippen LogP contribution in [0.5, 0.6) is 11.5 Å². The molecule has 1 aliphatic carbocycles. The Hall–Kier alpha value is -4.02. The highest BCUT2D eigenvalue weighted by molar-refractivity contribution is 5.92. The second-order valence-corrected chi connectivity index (χ2v) is 8.16. The van der Waals surface area contributed by atoms with E-state index < -0.39 is 24.0 Å². The van der Waals surface area contributed by atoms with E-state index in [4.69, 9.17) is 9.47 Å². The van der Waals surface area contributed by atoms with Crippen molar-refractivity contribution in [2.75, 3.05) is 14.2 Å². The first-order chi connectivity index (χ1) is 17.0. The molecular weight excluding hydrogens is 477 g/mol. The molecule has 0 spiro atoms. The number of ether oxygens (including phenoxy) is 2. The van der Waals surface area contributed by atoms with E-state index >= 15 is 0 Å². The quantitative estimate of drug-likeness (QED) is 0.512. The van der Waals surface area contributed by atoms with E-state index in [0.29, 0.717) is 11.5 Å². The largest absolute Gasteiger partial charge is 0.495 e. The predicted octanol–water partition coefficient (Wildman–Crippen LogP) is 4.58. The molecule has 0 saturated carbocycles. The van der Waals surface area contributed by atoms with E-state index in [2.05, 4.69) is 20.9 Å². The van der Waals surface area contributed by atoms with E-state index in [-0.39, 0.29) is 29.6 Å². The first-order valence-electron chi connectivity index (χ1n) is 11.1. The third-order valence-corrected chi connectivity index (χ3v) is 5.67. The molecule has 3 rings (SSSR count). The number of methoxy groups -OCH3 is 1. The normalized spacial score (nSPS) is 17.4. The SMILES string of the molecule is CNC(=O)c1cc(Oc2ccc(CNC(=O)NC3=C(OC)C=CC(C(F)(F)F)C3C)cc2C)ccn1. The maximum Gasteiger partial charge on any atom is 0.395 e. The Morgan fingerprint density at radius 1 is 1.17 bits per heavy atom. The molecule has 0 fully saturated rings. The Balaban J connectivity index is 1.63. The van der Waals surface area contributed by atoms with Crippen LogP contribution in [0.1, 0.15) is 28.5 Å². The fraction of sp³-hybridized carbons (Fsp3) is 0.320. The van der Waals surface area contributed by atoms with Crippen molar-refractivity contribution in [3.8, 4) is 11.5 Å². The Bertz CT molecular complexity index is 1190. The van der Waals surface area contributed by atoms with Crippen molar-refractivity contribution in [1.82, 2.24) is 20.9 Å². The average Bonchev–Trinajstić information content (AvgIpc) is 2.84. The van der Waals surface area contributed by atoms with Crippen LogP contribution >= 0.6 is 0 Å². The number of amides is 3. The summed E-state index contributed by atoms with van der Waals surface area (Å²) in [4.78, 5) is 28.2. The van der Waals surface area contributed by atoms with Gasteiger partial charge in [-0.1, -0.05) is 25.1 Å². The summed E-state index contributed by atoms with van der Waals surface area (Å²) < 4.78 is 50.9. The summed E-state index contributed by atoms with van der Waals surface area (Å²) in [5.74, 6) is -1.93. The molecule has 8 nitrogen and oxygen atoms in total. The number of carbonyl (C=O) groups excluding carboxylic acids is 2. The topological polar surface area (TPSA) is 102 Å². The second kappa shape index (κ2) is 11.1. The van der Waals surface area contributed by atoms with Crippen LogP contribution in [0.25, 0.3) is 0 Å². The number of alkyl halides is 3. The lowest BCUT2D eigenvalue weighted by Crippen LogP contribution is -2.41. The molecule has 2 atom stereocenters. The van der Waals surface area contributed by atoms with E-state index in [1.807, 2.05) is 13.0 Å². The number of urea groups is 1. The number of aryl methyl sites for hydroxylation is 1. The fourth-order valence-electron chi connectivity index (χ4n) is 3.74. The van der Waals surface area contributed by atoms with Gasteiger partial charge in [-0.05, 0) is 36.3 Å². The highest BCUT2D eigenvalue weighted by atomic mass is 19.4. The molecule has 3 N–H and O–H groups in total. The molecule has 2 unspecified atom stereocenters. The Kier molecular flexibility index (Phi) is 8.23. The number of pyridine rings is 1. The smallest absolute Gasteiger partial charge is 0.395 e. The third-order valence-electron chi connectivity index (χ3n) is 5.67. The maximum absolute atomic E-state index is 13.3. The molecule has 1 aromatic heterocycles. The highest BCUT2D eigenvalue weighted by Crippen LogP contribution is 2.39. The standard InChI is InChI=1S/C25H27F3N4O4/c1-14-11-16(5-7-20(14)36-17-9-10-30-19(12-17)23(33)29-3)13-31-24(34)32-22-15(2)18(25(26,27)28)6-8-21(22)35-4/h5-12,15,18H,13H2,1-4H3,(H,29,33)(H2,31,32,34). The van der Waals surface area contributed by atoms with Crippen LogP contribution in [-0.4, -0.2) is 37.3 Å². The monoisotopic (exact) mass is 504 g/mol. The van der Waals surface area contributed by atoms with Gasteiger partial charge in [0.05, 0.1) is 18.7 Å². The van der Waals surface area contributed by atoms with Gasteiger partial charge < -0.3 is 25.4 Å². The third kappa shape index (κ3) is 6.35. The van der Waals surface area contributed by atoms with Crippen LogP contribution in [-0.2, 0) is 11.3 Å². The summed E-state index contributed by atoms with van der Waals surface area (Å²) in [6, 6.07) is 7.76. The van der Waals surface area contributed by atoms with E-state index in [1.54, 1.807) is 18.2 Å². The lowest BCUT2D eigenvalue weighted by Gasteiger charge is -2.30. The zero-order chi connectivity index (χ0) is 26.5. The van der Waals surface area contributed by atoms with Crippen molar-refractivity contribution in [3.05, 3.63) is 77.0 Å². The van der Waals surface area contributed by atoms with Gasteiger partial charge in [-0.2, -0.15) is 13.2 Å². The van der Waals surface area contributed by atoms with Crippen LogP contribution in [0.2, 0.25) is 0 Å². The zero-order valence-corrected chi connectivity index (χ0v) is 20.2. The van der Waals surface area contributed by atoms with Gasteiger partial charge in [-0.25, -0.2) is 4.79 Å². The zero-order valence-electron chi connectivity index (χ0n) is 20.2. The summed E-state index contributed by atoms with van der Waals surface area (Å²) in [7, 11) is 2.84. The van der Waals surface area contributed by atoms with Gasteiger partial charge >= 0.3 is 12.2 Å². The minimum Gasteiger partial charge on any atom is -0.495 e. The Labute approximate surface area is 206 Å². The number of rotatable bonds is 7. The van der Waals surface area contributed by atoms with Crippen molar-refractivity contribution >= 4 is 11.9 Å². The molecular formula is C25H27F3N4O4. The summed E-state index contributed by atoms with van der Waals surface area (Å²) in [6.07, 6.45) is -0.725. The van der Waals surface area contributed by atoms with Crippen LogP contribution in [0, 0.1) is 18.8 Å². The van der Waals surface area contributed by atoms with E-state index in [1.165, 1.54) is 39.4 Å². The van der Waals surface area contributed by atoms with Gasteiger partial charge in [0.25, 0.3) is 5.91 Å². The molecule has 0 saturated heterocycles. The molecule has 36 heavy (non-hydrogen) atoms. The minimum absolute atomic E-state index is 0.0632. The van der Waals surface area contributed by atoms with E-state index in [9.17, 15) is 22.8 Å². The second-order valence-electron chi connectivity index (χ2n) is 8.16. The number of halogens is 3. The summed E-state index contributed by atoms with van der Waals surface area (Å²) in [5.41, 5.74) is 1.81. The summed E-state index contributed by atoms with van der Waals surface area (Å²) >= 11 is 0. The molecule has 1 heterocycles. The van der Waals surface area contributed by atoms with Crippen LogP contribution in [0.15, 0.2) is 60.1 Å². The van der Waals surface area contributed by atoms with Crippen LogP contribution in [0.3, 0.4) is 0 Å². The first-order valence-corrected chi connectivity index (χ1v) is 11.1. The summed E-state index contributed by atoms with van der Waals surface area (Å²) in [6.45, 7) is 3.34. The van der Waals surface area contributed by atoms with Crippen LogP contribution < -0.4 is 20.7 Å². The highest BCUT2D eigenvalue weighted by Gasteiger charge is 2.45. The lowest BCUT2D eigenvalue weighted by atomic mass is 9.86. The van der Waals surface area contributed by atoms with Crippen molar-refractivity contribution in [2.24, 2.45) is 11.8 Å². The first kappa shape index (κ1) is 26.6. The number of carbonyl (C=O) groups is 2. The molecule has 1 aromatic carbocycles. The number of aromatic nitrogens is 1. The molecule has 3 amide bonds. The minimum atomic E-state index is -4.44. The maximum atomic E-state index is 13.3. The van der Waals surface area contributed by atoms with Crippen molar-refractivity contribution in [1.29, 1.82) is 0 Å². The number of hydrogen-bond donors (Lipinski definition) is 3. The number of hydrogen-bond acceptors (Lipinski definition) is 5. The van der Waals surface area contributed by atoms with Gasteiger partial charge in [0.2, 0.25) is 0 Å². The molecule has 0 bridgehead atoms. The van der Waals surface area contributed by atoms with Crippen molar-refractivity contribution < 1.29 is 32.2 Å². The average molecular weight is 505 g/mol.